The minimum absolute atomic E-state index is 0.242. The monoisotopic (exact) mass is 290 g/mol. The number of nitrogens with zero attached hydrogens (tertiary/aromatic N) is 1. The Hall–Kier alpha value is -1.06. The highest BCUT2D eigenvalue weighted by atomic mass is 16.3. The van der Waals surface area contributed by atoms with E-state index in [-0.39, 0.29) is 12.0 Å². The molecular weight excluding hydrogens is 260 g/mol. The molecule has 118 valence electrons. The van der Waals surface area contributed by atoms with Crippen LogP contribution < -0.4 is 10.2 Å². The second kappa shape index (κ2) is 7.28. The highest BCUT2D eigenvalue weighted by molar-refractivity contribution is 5.58. The lowest BCUT2D eigenvalue weighted by molar-refractivity contribution is 0.163. The van der Waals surface area contributed by atoms with Gasteiger partial charge in [-0.3, -0.25) is 0 Å². The fraction of sp³-hybridized carbons (Fsp3) is 0.667. The second-order valence-electron chi connectivity index (χ2n) is 6.42. The first-order chi connectivity index (χ1) is 10.1. The first kappa shape index (κ1) is 16.3. The molecule has 0 spiro atoms. The lowest BCUT2D eigenvalue weighted by atomic mass is 9.79. The SMILES string of the molecule is CCC(CC)(CCO)CNCc1ccc2c(c1)CCN2C. The van der Waals surface area contributed by atoms with Crippen molar-refractivity contribution in [2.24, 2.45) is 5.41 Å². The van der Waals surface area contributed by atoms with Crippen LogP contribution in [0, 0.1) is 5.41 Å². The zero-order valence-corrected chi connectivity index (χ0v) is 13.8. The zero-order chi connectivity index (χ0) is 15.3. The van der Waals surface area contributed by atoms with Crippen LogP contribution in [0.5, 0.6) is 0 Å². The number of anilines is 1. The van der Waals surface area contributed by atoms with Gasteiger partial charge < -0.3 is 15.3 Å². The molecule has 2 rings (SSSR count). The second-order valence-corrected chi connectivity index (χ2v) is 6.42. The Bertz CT molecular complexity index is 455. The molecule has 0 fully saturated rings. The molecule has 0 unspecified atom stereocenters. The number of rotatable bonds is 8. The molecule has 0 radical (unpaired) electrons. The molecule has 21 heavy (non-hydrogen) atoms. The molecule has 3 heteroatoms. The van der Waals surface area contributed by atoms with Gasteiger partial charge in [-0.15, -0.1) is 0 Å². The van der Waals surface area contributed by atoms with Crippen LogP contribution in [0.25, 0.3) is 0 Å². The summed E-state index contributed by atoms with van der Waals surface area (Å²) in [5.74, 6) is 0. The fourth-order valence-corrected chi connectivity index (χ4v) is 3.38. The summed E-state index contributed by atoms with van der Waals surface area (Å²) in [5, 5.41) is 12.9. The van der Waals surface area contributed by atoms with Crippen molar-refractivity contribution in [1.82, 2.24) is 5.32 Å². The van der Waals surface area contributed by atoms with E-state index in [0.717, 1.165) is 45.3 Å². The number of nitrogens with one attached hydrogen (secondary N) is 1. The van der Waals surface area contributed by atoms with E-state index in [4.69, 9.17) is 0 Å². The third-order valence-electron chi connectivity index (χ3n) is 5.24. The molecule has 0 saturated heterocycles. The van der Waals surface area contributed by atoms with Gasteiger partial charge in [0.25, 0.3) is 0 Å². The first-order valence-corrected chi connectivity index (χ1v) is 8.28. The first-order valence-electron chi connectivity index (χ1n) is 8.28. The van der Waals surface area contributed by atoms with Crippen LogP contribution >= 0.6 is 0 Å². The van der Waals surface area contributed by atoms with E-state index in [9.17, 15) is 5.11 Å². The van der Waals surface area contributed by atoms with Crippen molar-refractivity contribution in [3.8, 4) is 0 Å². The third-order valence-corrected chi connectivity index (χ3v) is 5.24. The van der Waals surface area contributed by atoms with E-state index in [1.165, 1.54) is 16.8 Å². The van der Waals surface area contributed by atoms with Gasteiger partial charge in [0.1, 0.15) is 0 Å². The summed E-state index contributed by atoms with van der Waals surface area (Å²) in [7, 11) is 2.16. The maximum atomic E-state index is 9.28. The van der Waals surface area contributed by atoms with Crippen LogP contribution in [-0.2, 0) is 13.0 Å². The minimum atomic E-state index is 0.242. The summed E-state index contributed by atoms with van der Waals surface area (Å²) in [4.78, 5) is 2.33. The Morgan fingerprint density at radius 1 is 1.29 bits per heavy atom. The van der Waals surface area contributed by atoms with Crippen LogP contribution in [0.2, 0.25) is 0 Å². The molecule has 1 aromatic carbocycles. The summed E-state index contributed by atoms with van der Waals surface area (Å²) in [6.45, 7) is 7.78. The average Bonchev–Trinajstić information content (AvgIpc) is 2.87. The van der Waals surface area contributed by atoms with Gasteiger partial charge in [-0.05, 0) is 48.3 Å². The lowest BCUT2D eigenvalue weighted by Gasteiger charge is -2.31. The molecule has 3 nitrogen and oxygen atoms in total. The molecule has 0 aromatic heterocycles. The highest BCUT2D eigenvalue weighted by Gasteiger charge is 2.25. The summed E-state index contributed by atoms with van der Waals surface area (Å²) < 4.78 is 0. The molecule has 1 aliphatic heterocycles. The Balaban J connectivity index is 1.91. The molecule has 1 aliphatic rings. The molecule has 0 amide bonds. The normalized spacial score (nSPS) is 14.6. The van der Waals surface area contributed by atoms with Crippen LogP contribution in [-0.4, -0.2) is 31.9 Å². The number of likely N-dealkylation sites (N-methyl/N-ethyl adjacent to an activating group) is 1. The molecule has 2 N–H and O–H groups in total. The average molecular weight is 290 g/mol. The van der Waals surface area contributed by atoms with Gasteiger partial charge in [0.15, 0.2) is 0 Å². The van der Waals surface area contributed by atoms with Gasteiger partial charge in [-0.1, -0.05) is 26.0 Å². The van der Waals surface area contributed by atoms with Gasteiger partial charge in [0, 0.05) is 39.0 Å². The quantitative estimate of drug-likeness (QED) is 0.772. The van der Waals surface area contributed by atoms with E-state index < -0.39 is 0 Å². The Morgan fingerprint density at radius 2 is 2.05 bits per heavy atom. The summed E-state index contributed by atoms with van der Waals surface area (Å²) in [6, 6.07) is 6.83. The third kappa shape index (κ3) is 3.78. The molecule has 0 atom stereocenters. The van der Waals surface area contributed by atoms with Gasteiger partial charge >= 0.3 is 0 Å². The summed E-state index contributed by atoms with van der Waals surface area (Å²) >= 11 is 0. The van der Waals surface area contributed by atoms with Crippen molar-refractivity contribution in [2.45, 2.75) is 46.1 Å². The predicted molar refractivity (Wildman–Crippen MR) is 89.8 cm³/mol. The maximum Gasteiger partial charge on any atom is 0.0436 e. The summed E-state index contributed by atoms with van der Waals surface area (Å²) in [5.41, 5.74) is 4.47. The zero-order valence-electron chi connectivity index (χ0n) is 13.8. The van der Waals surface area contributed by atoms with Crippen LogP contribution in [0.1, 0.15) is 44.2 Å². The van der Waals surface area contributed by atoms with E-state index in [1.54, 1.807) is 0 Å². The topological polar surface area (TPSA) is 35.5 Å². The fourth-order valence-electron chi connectivity index (χ4n) is 3.38. The molecular formula is C18H30N2O. The van der Waals surface area contributed by atoms with E-state index in [1.807, 2.05) is 0 Å². The predicted octanol–water partition coefficient (Wildman–Crippen LogP) is 2.96. The van der Waals surface area contributed by atoms with E-state index in [2.05, 4.69) is 49.3 Å². The van der Waals surface area contributed by atoms with Crippen LogP contribution in [0.15, 0.2) is 18.2 Å². The van der Waals surface area contributed by atoms with Crippen LogP contribution in [0.4, 0.5) is 5.69 Å². The number of aliphatic hydroxyl groups is 1. The van der Waals surface area contributed by atoms with E-state index >= 15 is 0 Å². The van der Waals surface area contributed by atoms with Gasteiger partial charge in [-0.2, -0.15) is 0 Å². The number of fused-ring (bicyclic) bond motifs is 1. The van der Waals surface area contributed by atoms with Gasteiger partial charge in [-0.25, -0.2) is 0 Å². The highest BCUT2D eigenvalue weighted by Crippen LogP contribution is 2.30. The lowest BCUT2D eigenvalue weighted by Crippen LogP contribution is -2.34. The van der Waals surface area contributed by atoms with Crippen molar-refractivity contribution in [3.63, 3.8) is 0 Å². The summed E-state index contributed by atoms with van der Waals surface area (Å²) in [6.07, 6.45) is 4.29. The number of benzene rings is 1. The molecule has 0 saturated carbocycles. The molecule has 0 bridgehead atoms. The van der Waals surface area contributed by atoms with Gasteiger partial charge in [0.05, 0.1) is 0 Å². The Labute approximate surface area is 129 Å². The Kier molecular flexibility index (Phi) is 5.65. The van der Waals surface area contributed by atoms with Crippen molar-refractivity contribution in [3.05, 3.63) is 29.3 Å². The smallest absolute Gasteiger partial charge is 0.0436 e. The minimum Gasteiger partial charge on any atom is -0.396 e. The molecule has 0 aliphatic carbocycles. The van der Waals surface area contributed by atoms with Gasteiger partial charge in [0.2, 0.25) is 0 Å². The molecule has 1 aromatic rings. The maximum absolute atomic E-state index is 9.28. The molecule has 1 heterocycles. The Morgan fingerprint density at radius 3 is 2.71 bits per heavy atom. The number of hydrogen-bond donors (Lipinski definition) is 2. The van der Waals surface area contributed by atoms with E-state index in [0.29, 0.717) is 0 Å². The van der Waals surface area contributed by atoms with Crippen molar-refractivity contribution >= 4 is 5.69 Å². The van der Waals surface area contributed by atoms with Crippen LogP contribution in [0.3, 0.4) is 0 Å². The van der Waals surface area contributed by atoms with Crippen molar-refractivity contribution in [2.75, 3.05) is 31.6 Å². The van der Waals surface area contributed by atoms with Crippen molar-refractivity contribution in [1.29, 1.82) is 0 Å². The number of hydrogen-bond acceptors (Lipinski definition) is 3. The number of aliphatic hydroxyl groups excluding tert-OH is 1. The van der Waals surface area contributed by atoms with Crippen molar-refractivity contribution < 1.29 is 5.11 Å². The standard InChI is InChI=1S/C18H30N2O/c1-4-18(5-2,9-11-21)14-19-13-15-6-7-17-16(12-15)8-10-20(17)3/h6-7,12,19,21H,4-5,8-11,13-14H2,1-3H3. The largest absolute Gasteiger partial charge is 0.396 e.